The topological polar surface area (TPSA) is 66.6 Å². The fourth-order valence-electron chi connectivity index (χ4n) is 3.64. The van der Waals surface area contributed by atoms with Crippen molar-refractivity contribution >= 4 is 22.6 Å². The molecule has 1 aliphatic carbocycles. The molecule has 23 heavy (non-hydrogen) atoms. The zero-order valence-electron chi connectivity index (χ0n) is 13.3. The van der Waals surface area contributed by atoms with Gasteiger partial charge in [-0.15, -0.1) is 12.4 Å². The van der Waals surface area contributed by atoms with Gasteiger partial charge in [0, 0.05) is 25.7 Å². The number of fused-ring (bicyclic) bond motifs is 2. The van der Waals surface area contributed by atoms with E-state index in [4.69, 9.17) is 5.73 Å². The first kappa shape index (κ1) is 18.7. The normalized spacial score (nSPS) is 24.1. The van der Waals surface area contributed by atoms with E-state index in [2.05, 4.69) is 0 Å². The maximum Gasteiger partial charge on any atom is 0.282 e. The van der Waals surface area contributed by atoms with Crippen molar-refractivity contribution in [1.82, 2.24) is 8.61 Å². The van der Waals surface area contributed by atoms with Crippen molar-refractivity contribution in [1.29, 1.82) is 0 Å². The van der Waals surface area contributed by atoms with Gasteiger partial charge in [0.1, 0.15) is 0 Å². The highest BCUT2D eigenvalue weighted by atomic mass is 35.5. The minimum absolute atomic E-state index is 0. The third kappa shape index (κ3) is 4.06. The third-order valence-electron chi connectivity index (χ3n) is 4.79. The predicted octanol–water partition coefficient (Wildman–Crippen LogP) is 1.99. The van der Waals surface area contributed by atoms with E-state index in [0.717, 1.165) is 18.4 Å². The molecule has 130 valence electrons. The fraction of sp³-hybridized carbons (Fsp3) is 0.625. The van der Waals surface area contributed by atoms with Crippen LogP contribution in [0.2, 0.25) is 0 Å². The van der Waals surface area contributed by atoms with Gasteiger partial charge in [-0.2, -0.15) is 17.0 Å². The number of piperidine rings is 1. The molecule has 0 spiro atoms. The molecular weight excluding hydrogens is 334 g/mol. The van der Waals surface area contributed by atoms with Crippen molar-refractivity contribution in [2.75, 3.05) is 19.6 Å². The van der Waals surface area contributed by atoms with Crippen LogP contribution < -0.4 is 5.73 Å². The summed E-state index contributed by atoms with van der Waals surface area (Å²) in [5.74, 6) is 0.563. The first-order valence-corrected chi connectivity index (χ1v) is 9.52. The Labute approximate surface area is 145 Å². The maximum absolute atomic E-state index is 13.0. The van der Waals surface area contributed by atoms with Gasteiger partial charge in [-0.3, -0.25) is 0 Å². The lowest BCUT2D eigenvalue weighted by Crippen LogP contribution is -2.47. The number of nitrogens with zero attached hydrogens (tertiary/aromatic N) is 2. The minimum atomic E-state index is -3.39. The van der Waals surface area contributed by atoms with Crippen molar-refractivity contribution in [3.05, 3.63) is 35.9 Å². The summed E-state index contributed by atoms with van der Waals surface area (Å²) >= 11 is 0. The molecular formula is C16H26ClN3O2S. The highest BCUT2D eigenvalue weighted by Crippen LogP contribution is 2.39. The average Bonchev–Trinajstić information content (AvgIpc) is 3.15. The molecule has 2 N–H and O–H groups in total. The molecule has 0 radical (unpaired) electrons. The van der Waals surface area contributed by atoms with Crippen LogP contribution in [0.25, 0.3) is 0 Å². The van der Waals surface area contributed by atoms with Crippen LogP contribution in [-0.2, 0) is 16.8 Å². The molecule has 1 aromatic carbocycles. The summed E-state index contributed by atoms with van der Waals surface area (Å²) in [5.41, 5.74) is 6.61. The number of benzene rings is 1. The van der Waals surface area contributed by atoms with E-state index in [-0.39, 0.29) is 18.4 Å². The third-order valence-corrected chi connectivity index (χ3v) is 6.80. The molecule has 1 aliphatic heterocycles. The predicted molar refractivity (Wildman–Crippen MR) is 94.5 cm³/mol. The van der Waals surface area contributed by atoms with Crippen LogP contribution in [0.3, 0.4) is 0 Å². The minimum Gasteiger partial charge on any atom is -0.330 e. The fourth-order valence-corrected chi connectivity index (χ4v) is 5.58. The first-order chi connectivity index (χ1) is 10.6. The van der Waals surface area contributed by atoms with E-state index >= 15 is 0 Å². The molecule has 1 aromatic rings. The Hall–Kier alpha value is -0.660. The van der Waals surface area contributed by atoms with Gasteiger partial charge < -0.3 is 5.73 Å². The summed E-state index contributed by atoms with van der Waals surface area (Å²) in [4.78, 5) is 0. The van der Waals surface area contributed by atoms with Crippen LogP contribution >= 0.6 is 12.4 Å². The molecule has 2 atom stereocenters. The largest absolute Gasteiger partial charge is 0.330 e. The van der Waals surface area contributed by atoms with E-state index in [9.17, 15) is 8.42 Å². The Morgan fingerprint density at radius 3 is 2.52 bits per heavy atom. The lowest BCUT2D eigenvalue weighted by atomic mass is 10.1. The van der Waals surface area contributed by atoms with Gasteiger partial charge >= 0.3 is 0 Å². The lowest BCUT2D eigenvalue weighted by Gasteiger charge is -2.32. The Kier molecular flexibility index (Phi) is 6.45. The standard InChI is InChI=1S/C16H25N3O2S.ClH/c17-9-4-10-18(12-14-5-2-1-3-6-14)22(20,21)19-13-15-7-8-16(19)11-15;/h1-3,5-6,15-16H,4,7-13,17H2;1H. The molecule has 0 aromatic heterocycles. The van der Waals surface area contributed by atoms with Crippen molar-refractivity contribution in [3.63, 3.8) is 0 Å². The Balaban J connectivity index is 0.00000192. The quantitative estimate of drug-likeness (QED) is 0.809. The van der Waals surface area contributed by atoms with Gasteiger partial charge in [-0.05, 0) is 43.7 Å². The van der Waals surface area contributed by atoms with Crippen LogP contribution in [0.15, 0.2) is 30.3 Å². The lowest BCUT2D eigenvalue weighted by molar-refractivity contribution is 0.289. The van der Waals surface area contributed by atoms with Gasteiger partial charge in [0.25, 0.3) is 10.2 Å². The summed E-state index contributed by atoms with van der Waals surface area (Å²) in [5, 5.41) is 0. The van der Waals surface area contributed by atoms with Crippen LogP contribution in [0.1, 0.15) is 31.2 Å². The smallest absolute Gasteiger partial charge is 0.282 e. The zero-order valence-corrected chi connectivity index (χ0v) is 14.9. The Morgan fingerprint density at radius 1 is 1.22 bits per heavy atom. The van der Waals surface area contributed by atoms with Crippen molar-refractivity contribution in [2.24, 2.45) is 11.7 Å². The van der Waals surface area contributed by atoms with Gasteiger partial charge in [0.2, 0.25) is 0 Å². The van der Waals surface area contributed by atoms with Gasteiger partial charge in [-0.25, -0.2) is 0 Å². The van der Waals surface area contributed by atoms with Crippen molar-refractivity contribution in [2.45, 2.75) is 38.3 Å². The molecule has 1 saturated heterocycles. The number of hydrogen-bond acceptors (Lipinski definition) is 3. The summed E-state index contributed by atoms with van der Waals surface area (Å²) < 4.78 is 29.4. The van der Waals surface area contributed by atoms with Crippen molar-refractivity contribution < 1.29 is 8.42 Å². The van der Waals surface area contributed by atoms with Gasteiger partial charge in [0.05, 0.1) is 0 Å². The second kappa shape index (κ2) is 7.94. The number of nitrogens with two attached hydrogens (primary N) is 1. The molecule has 2 fully saturated rings. The zero-order chi connectivity index (χ0) is 15.6. The summed E-state index contributed by atoms with van der Waals surface area (Å²) in [6.45, 7) is 2.12. The van der Waals surface area contributed by atoms with E-state index in [1.54, 1.807) is 8.61 Å². The number of hydrogen-bond donors (Lipinski definition) is 1. The second-order valence-corrected chi connectivity index (χ2v) is 8.25. The highest BCUT2D eigenvalue weighted by Gasteiger charge is 2.45. The van der Waals surface area contributed by atoms with E-state index in [0.29, 0.717) is 38.5 Å². The average molecular weight is 360 g/mol. The summed E-state index contributed by atoms with van der Waals surface area (Å²) in [7, 11) is -3.39. The van der Waals surface area contributed by atoms with E-state index in [1.165, 1.54) is 6.42 Å². The Bertz CT molecular complexity index is 597. The van der Waals surface area contributed by atoms with Crippen LogP contribution in [0.5, 0.6) is 0 Å². The molecule has 7 heteroatoms. The molecule has 0 amide bonds. The summed E-state index contributed by atoms with van der Waals surface area (Å²) in [6, 6.07) is 10.00. The molecule has 5 nitrogen and oxygen atoms in total. The van der Waals surface area contributed by atoms with Gasteiger partial charge in [-0.1, -0.05) is 30.3 Å². The molecule has 2 unspecified atom stereocenters. The van der Waals surface area contributed by atoms with E-state index in [1.807, 2.05) is 30.3 Å². The highest BCUT2D eigenvalue weighted by molar-refractivity contribution is 7.86. The molecule has 2 bridgehead atoms. The van der Waals surface area contributed by atoms with Crippen LogP contribution in [0, 0.1) is 5.92 Å². The molecule has 1 heterocycles. The van der Waals surface area contributed by atoms with Crippen LogP contribution in [-0.4, -0.2) is 42.7 Å². The SMILES string of the molecule is Cl.NCCCN(Cc1ccccc1)S(=O)(=O)N1CC2CCC1C2. The molecule has 1 saturated carbocycles. The van der Waals surface area contributed by atoms with Gasteiger partial charge in [0.15, 0.2) is 0 Å². The first-order valence-electron chi connectivity index (χ1n) is 8.12. The molecule has 3 rings (SSSR count). The number of rotatable bonds is 7. The van der Waals surface area contributed by atoms with Crippen LogP contribution in [0.4, 0.5) is 0 Å². The monoisotopic (exact) mass is 359 g/mol. The molecule has 2 aliphatic rings. The second-order valence-electron chi connectivity index (χ2n) is 6.37. The maximum atomic E-state index is 13.0. The number of halogens is 1. The Morgan fingerprint density at radius 2 is 1.96 bits per heavy atom. The van der Waals surface area contributed by atoms with Crippen molar-refractivity contribution in [3.8, 4) is 0 Å². The summed E-state index contributed by atoms with van der Waals surface area (Å²) in [6.07, 6.45) is 3.92. The van der Waals surface area contributed by atoms with E-state index < -0.39 is 10.2 Å².